The standard InChI is InChI=1S/C14H20N4/c1-3-16-13(14-17-9-10-18(14)2)7-6-12-5-4-8-15-11-12/h4-5,8-11,13,16H,3,6-7H2,1-2H3. The highest BCUT2D eigenvalue weighted by Gasteiger charge is 2.14. The van der Waals surface area contributed by atoms with Crippen molar-refractivity contribution < 1.29 is 0 Å². The molecule has 96 valence electrons. The zero-order valence-corrected chi connectivity index (χ0v) is 11.0. The van der Waals surface area contributed by atoms with E-state index < -0.39 is 0 Å². The van der Waals surface area contributed by atoms with Crippen LogP contribution < -0.4 is 5.32 Å². The molecule has 0 aliphatic carbocycles. The average Bonchev–Trinajstić information content (AvgIpc) is 2.82. The smallest absolute Gasteiger partial charge is 0.125 e. The zero-order valence-electron chi connectivity index (χ0n) is 11.0. The number of hydrogen-bond donors (Lipinski definition) is 1. The highest BCUT2D eigenvalue weighted by Crippen LogP contribution is 2.16. The summed E-state index contributed by atoms with van der Waals surface area (Å²) in [7, 11) is 2.04. The van der Waals surface area contributed by atoms with Gasteiger partial charge in [0.1, 0.15) is 5.82 Å². The minimum atomic E-state index is 0.301. The van der Waals surface area contributed by atoms with Crippen molar-refractivity contribution in [3.8, 4) is 0 Å². The number of aryl methyl sites for hydroxylation is 2. The van der Waals surface area contributed by atoms with Gasteiger partial charge in [0.2, 0.25) is 0 Å². The van der Waals surface area contributed by atoms with Gasteiger partial charge < -0.3 is 9.88 Å². The molecular weight excluding hydrogens is 224 g/mol. The SMILES string of the molecule is CCNC(CCc1cccnc1)c1nccn1C. The van der Waals surface area contributed by atoms with Crippen LogP contribution in [0.2, 0.25) is 0 Å². The van der Waals surface area contributed by atoms with Gasteiger partial charge >= 0.3 is 0 Å². The van der Waals surface area contributed by atoms with Crippen LogP contribution in [0.3, 0.4) is 0 Å². The Hall–Kier alpha value is -1.68. The summed E-state index contributed by atoms with van der Waals surface area (Å²) in [6.07, 6.45) is 9.63. The van der Waals surface area contributed by atoms with Gasteiger partial charge in [-0.15, -0.1) is 0 Å². The number of imidazole rings is 1. The van der Waals surface area contributed by atoms with Crippen molar-refractivity contribution >= 4 is 0 Å². The third-order valence-corrected chi connectivity index (χ3v) is 3.07. The van der Waals surface area contributed by atoms with Crippen LogP contribution in [0, 0.1) is 0 Å². The highest BCUT2D eigenvalue weighted by atomic mass is 15.1. The van der Waals surface area contributed by atoms with Crippen LogP contribution in [0.5, 0.6) is 0 Å². The molecule has 4 nitrogen and oxygen atoms in total. The molecular formula is C14H20N4. The van der Waals surface area contributed by atoms with Gasteiger partial charge in [0.15, 0.2) is 0 Å². The van der Waals surface area contributed by atoms with Gasteiger partial charge in [0, 0.05) is 31.8 Å². The lowest BCUT2D eigenvalue weighted by atomic mass is 10.1. The van der Waals surface area contributed by atoms with Crippen LogP contribution in [-0.4, -0.2) is 21.1 Å². The maximum Gasteiger partial charge on any atom is 0.125 e. The largest absolute Gasteiger partial charge is 0.337 e. The minimum absolute atomic E-state index is 0.301. The fourth-order valence-corrected chi connectivity index (χ4v) is 2.14. The summed E-state index contributed by atoms with van der Waals surface area (Å²) in [6.45, 7) is 3.07. The van der Waals surface area contributed by atoms with Gasteiger partial charge in [-0.25, -0.2) is 4.98 Å². The number of hydrogen-bond acceptors (Lipinski definition) is 3. The first-order chi connectivity index (χ1) is 8.81. The average molecular weight is 244 g/mol. The topological polar surface area (TPSA) is 42.7 Å². The second-order valence-corrected chi connectivity index (χ2v) is 4.41. The van der Waals surface area contributed by atoms with Gasteiger partial charge in [-0.2, -0.15) is 0 Å². The Bertz CT molecular complexity index is 464. The van der Waals surface area contributed by atoms with E-state index in [1.54, 1.807) is 0 Å². The Kier molecular flexibility index (Phi) is 4.47. The molecule has 0 fully saturated rings. The Morgan fingerprint density at radius 3 is 2.89 bits per heavy atom. The molecule has 1 N–H and O–H groups in total. The fourth-order valence-electron chi connectivity index (χ4n) is 2.14. The Balaban J connectivity index is 2.01. The van der Waals surface area contributed by atoms with E-state index in [0.29, 0.717) is 6.04 Å². The van der Waals surface area contributed by atoms with Crippen molar-refractivity contribution in [3.05, 3.63) is 48.3 Å². The quantitative estimate of drug-likeness (QED) is 0.846. The number of rotatable bonds is 6. The molecule has 18 heavy (non-hydrogen) atoms. The molecule has 0 bridgehead atoms. The van der Waals surface area contributed by atoms with Crippen LogP contribution in [0.4, 0.5) is 0 Å². The normalized spacial score (nSPS) is 12.6. The van der Waals surface area contributed by atoms with Gasteiger partial charge in [0.05, 0.1) is 6.04 Å². The summed E-state index contributed by atoms with van der Waals surface area (Å²) < 4.78 is 2.08. The molecule has 1 atom stereocenters. The first-order valence-electron chi connectivity index (χ1n) is 6.40. The number of pyridine rings is 1. The molecule has 4 heteroatoms. The van der Waals surface area contributed by atoms with Crippen LogP contribution >= 0.6 is 0 Å². The van der Waals surface area contributed by atoms with E-state index in [9.17, 15) is 0 Å². The molecule has 2 rings (SSSR count). The lowest BCUT2D eigenvalue weighted by Gasteiger charge is -2.17. The molecule has 0 aliphatic rings. The zero-order chi connectivity index (χ0) is 12.8. The molecule has 2 aromatic rings. The van der Waals surface area contributed by atoms with Gasteiger partial charge in [0.25, 0.3) is 0 Å². The fraction of sp³-hybridized carbons (Fsp3) is 0.429. The Labute approximate surface area is 108 Å². The van der Waals surface area contributed by atoms with Gasteiger partial charge in [-0.1, -0.05) is 13.0 Å². The monoisotopic (exact) mass is 244 g/mol. The second-order valence-electron chi connectivity index (χ2n) is 4.41. The van der Waals surface area contributed by atoms with E-state index >= 15 is 0 Å². The van der Waals surface area contributed by atoms with E-state index in [1.165, 1.54) is 5.56 Å². The van der Waals surface area contributed by atoms with Crippen molar-refractivity contribution in [1.82, 2.24) is 19.9 Å². The summed E-state index contributed by atoms with van der Waals surface area (Å²) in [5, 5.41) is 3.49. The van der Waals surface area contributed by atoms with Crippen LogP contribution in [-0.2, 0) is 13.5 Å². The van der Waals surface area contributed by atoms with Crippen molar-refractivity contribution in [2.75, 3.05) is 6.54 Å². The van der Waals surface area contributed by atoms with E-state index in [4.69, 9.17) is 0 Å². The van der Waals surface area contributed by atoms with Crippen molar-refractivity contribution in [1.29, 1.82) is 0 Å². The third-order valence-electron chi connectivity index (χ3n) is 3.07. The number of nitrogens with zero attached hydrogens (tertiary/aromatic N) is 3. The minimum Gasteiger partial charge on any atom is -0.337 e. The molecule has 0 radical (unpaired) electrons. The van der Waals surface area contributed by atoms with E-state index in [1.807, 2.05) is 37.9 Å². The first-order valence-corrected chi connectivity index (χ1v) is 6.40. The second kappa shape index (κ2) is 6.31. The molecule has 0 aliphatic heterocycles. The highest BCUT2D eigenvalue weighted by molar-refractivity contribution is 5.10. The van der Waals surface area contributed by atoms with Gasteiger partial charge in [-0.3, -0.25) is 4.98 Å². The maximum atomic E-state index is 4.43. The molecule has 0 amide bonds. The number of nitrogens with one attached hydrogen (secondary N) is 1. The van der Waals surface area contributed by atoms with Crippen molar-refractivity contribution in [2.24, 2.45) is 7.05 Å². The first kappa shape index (κ1) is 12.8. The predicted octanol–water partition coefficient (Wildman–Crippen LogP) is 2.10. The van der Waals surface area contributed by atoms with Crippen LogP contribution in [0.15, 0.2) is 36.9 Å². The van der Waals surface area contributed by atoms with E-state index in [0.717, 1.165) is 25.2 Å². The van der Waals surface area contributed by atoms with Crippen molar-refractivity contribution in [3.63, 3.8) is 0 Å². The Morgan fingerprint density at radius 1 is 1.39 bits per heavy atom. The third kappa shape index (κ3) is 3.17. The predicted molar refractivity (Wildman–Crippen MR) is 72.2 cm³/mol. The number of aromatic nitrogens is 3. The molecule has 0 spiro atoms. The molecule has 1 unspecified atom stereocenters. The Morgan fingerprint density at radius 2 is 2.28 bits per heavy atom. The lowest BCUT2D eigenvalue weighted by Crippen LogP contribution is -2.24. The van der Waals surface area contributed by atoms with E-state index in [-0.39, 0.29) is 0 Å². The van der Waals surface area contributed by atoms with Crippen LogP contribution in [0.25, 0.3) is 0 Å². The maximum absolute atomic E-state index is 4.43. The summed E-state index contributed by atoms with van der Waals surface area (Å²) in [4.78, 5) is 8.58. The van der Waals surface area contributed by atoms with E-state index in [2.05, 4.69) is 32.8 Å². The molecule has 2 heterocycles. The molecule has 0 saturated heterocycles. The van der Waals surface area contributed by atoms with Crippen LogP contribution in [0.1, 0.15) is 30.8 Å². The molecule has 2 aromatic heterocycles. The summed E-state index contributed by atoms with van der Waals surface area (Å²) in [6, 6.07) is 4.41. The van der Waals surface area contributed by atoms with Crippen molar-refractivity contribution in [2.45, 2.75) is 25.8 Å². The molecule has 0 aromatic carbocycles. The lowest BCUT2D eigenvalue weighted by molar-refractivity contribution is 0.478. The summed E-state index contributed by atoms with van der Waals surface area (Å²) in [5.74, 6) is 1.10. The van der Waals surface area contributed by atoms with Gasteiger partial charge in [-0.05, 0) is 31.0 Å². The summed E-state index contributed by atoms with van der Waals surface area (Å²) >= 11 is 0. The summed E-state index contributed by atoms with van der Waals surface area (Å²) in [5.41, 5.74) is 1.27. The molecule has 0 saturated carbocycles.